The third-order valence-corrected chi connectivity index (χ3v) is 23.0. The van der Waals surface area contributed by atoms with E-state index < -0.39 is 18.4 Å². The molecule has 1 N–H and O–H groups in total. The van der Waals surface area contributed by atoms with Gasteiger partial charge in [0, 0.05) is 0 Å². The molecule has 3 aromatic carbocycles. The molecule has 2 aliphatic carbocycles. The number of allylic oxidation sites excluding steroid dienone is 2. The fraction of sp³-hybridized carbons (Fsp3) is 0.231. The van der Waals surface area contributed by atoms with Gasteiger partial charge in [-0.25, -0.2) is 0 Å². The van der Waals surface area contributed by atoms with Crippen LogP contribution in [-0.2, 0) is 0 Å². The van der Waals surface area contributed by atoms with E-state index in [1.807, 2.05) is 0 Å². The maximum absolute atomic E-state index is 10.5. The second-order valence-electron chi connectivity index (χ2n) is 8.23. The summed E-state index contributed by atoms with van der Waals surface area (Å²) in [6.07, 6.45) is 6.04. The molecule has 28 heavy (non-hydrogen) atoms. The molecule has 0 aliphatic heterocycles. The number of benzene rings is 3. The van der Waals surface area contributed by atoms with Gasteiger partial charge in [0.25, 0.3) is 0 Å². The molecule has 140 valence electrons. The van der Waals surface area contributed by atoms with E-state index in [1.54, 1.807) is 0 Å². The van der Waals surface area contributed by atoms with Crippen LogP contribution in [-0.4, -0.2) is 30.1 Å². The van der Waals surface area contributed by atoms with Crippen molar-refractivity contribution in [3.63, 3.8) is 0 Å². The van der Waals surface area contributed by atoms with Crippen molar-refractivity contribution in [3.8, 4) is 0 Å². The van der Waals surface area contributed by atoms with Crippen molar-refractivity contribution in [2.24, 2.45) is 17.8 Å². The average molecular weight is 473 g/mol. The van der Waals surface area contributed by atoms with Crippen molar-refractivity contribution < 1.29 is 5.11 Å². The first-order valence-electron chi connectivity index (χ1n) is 10.3. The van der Waals surface area contributed by atoms with Gasteiger partial charge in [0.05, 0.1) is 0 Å². The van der Waals surface area contributed by atoms with Crippen LogP contribution >= 0.6 is 0 Å². The van der Waals surface area contributed by atoms with E-state index in [4.69, 9.17) is 0 Å². The quantitative estimate of drug-likeness (QED) is 0.446. The molecule has 0 aromatic heterocycles. The molecule has 1 nitrogen and oxygen atoms in total. The zero-order chi connectivity index (χ0) is 19.0. The summed E-state index contributed by atoms with van der Waals surface area (Å²) >= 11 is -3.40. The fourth-order valence-electron chi connectivity index (χ4n) is 6.00. The first-order chi connectivity index (χ1) is 13.9. The van der Waals surface area contributed by atoms with E-state index >= 15 is 0 Å². The van der Waals surface area contributed by atoms with Crippen LogP contribution in [0.15, 0.2) is 103 Å². The Labute approximate surface area is 171 Å². The Kier molecular flexibility index (Phi) is 4.90. The van der Waals surface area contributed by atoms with Gasteiger partial charge in [-0.2, -0.15) is 0 Å². The summed E-state index contributed by atoms with van der Waals surface area (Å²) in [5, 5.41) is 10.5. The van der Waals surface area contributed by atoms with Gasteiger partial charge in [0.1, 0.15) is 0 Å². The van der Waals surface area contributed by atoms with E-state index in [1.165, 1.54) is 17.2 Å². The van der Waals surface area contributed by atoms with Crippen molar-refractivity contribution in [1.29, 1.82) is 0 Å². The van der Waals surface area contributed by atoms with Crippen LogP contribution in [0.25, 0.3) is 0 Å². The first-order valence-corrected chi connectivity index (χ1v) is 16.2. The predicted octanol–water partition coefficient (Wildman–Crippen LogP) is 3.34. The third-order valence-electron chi connectivity index (χ3n) is 7.02. The SMILES string of the molecule is OC[C@H]1[C@H]([Sn]([c]2ccccc2)([c]2ccccc2)[c]2ccccc2)[C@H]2C=C[C@@H]1C2. The predicted molar refractivity (Wildman–Crippen MR) is 119 cm³/mol. The Morgan fingerprint density at radius 2 is 1.07 bits per heavy atom. The van der Waals surface area contributed by atoms with Crippen LogP contribution in [0.4, 0.5) is 0 Å². The van der Waals surface area contributed by atoms with E-state index in [-0.39, 0.29) is 0 Å². The number of fused-ring (bicyclic) bond motifs is 2. The Hall–Kier alpha value is -1.84. The van der Waals surface area contributed by atoms with Gasteiger partial charge >= 0.3 is 172 Å². The van der Waals surface area contributed by atoms with Crippen molar-refractivity contribution in [2.45, 2.75) is 10.4 Å². The molecule has 2 bridgehead atoms. The van der Waals surface area contributed by atoms with E-state index in [0.29, 0.717) is 28.3 Å². The molecule has 0 saturated heterocycles. The Bertz CT molecular complexity index is 855. The van der Waals surface area contributed by atoms with Gasteiger partial charge in [-0.15, -0.1) is 0 Å². The van der Waals surface area contributed by atoms with Crippen LogP contribution in [0, 0.1) is 17.8 Å². The van der Waals surface area contributed by atoms with Crippen LogP contribution < -0.4 is 10.7 Å². The second kappa shape index (κ2) is 7.53. The summed E-state index contributed by atoms with van der Waals surface area (Å²) < 4.78 is 5.12. The van der Waals surface area contributed by atoms with Crippen molar-refractivity contribution in [2.75, 3.05) is 6.61 Å². The molecule has 0 unspecified atom stereocenters. The van der Waals surface area contributed by atoms with Crippen LogP contribution in [0.1, 0.15) is 6.42 Å². The zero-order valence-electron chi connectivity index (χ0n) is 16.0. The number of aliphatic hydroxyl groups excluding tert-OH is 1. The summed E-state index contributed by atoms with van der Waals surface area (Å²) in [6.45, 7) is 0.293. The number of rotatable bonds is 5. The van der Waals surface area contributed by atoms with Crippen LogP contribution in [0.2, 0.25) is 3.93 Å². The third kappa shape index (κ3) is 2.71. The molecule has 3 aromatic rings. The minimum atomic E-state index is -3.40. The summed E-state index contributed by atoms with van der Waals surface area (Å²) in [5.41, 5.74) is 0. The molecular formula is C26H26OSn. The normalized spacial score (nSPS) is 25.9. The molecule has 1 saturated carbocycles. The van der Waals surface area contributed by atoms with Gasteiger partial charge in [0.15, 0.2) is 0 Å². The summed E-state index contributed by atoms with van der Waals surface area (Å²) in [5.74, 6) is 1.48. The maximum atomic E-state index is 10.5. The molecular weight excluding hydrogens is 447 g/mol. The first kappa shape index (κ1) is 18.2. The molecule has 0 amide bonds. The molecule has 0 radical (unpaired) electrons. The van der Waals surface area contributed by atoms with Gasteiger partial charge in [-0.1, -0.05) is 0 Å². The summed E-state index contributed by atoms with van der Waals surface area (Å²) in [7, 11) is 0. The average Bonchev–Trinajstić information content (AvgIpc) is 3.39. The van der Waals surface area contributed by atoms with Crippen LogP contribution in [0.3, 0.4) is 0 Å². The van der Waals surface area contributed by atoms with Crippen molar-refractivity contribution in [1.82, 2.24) is 0 Å². The Balaban J connectivity index is 1.85. The summed E-state index contributed by atoms with van der Waals surface area (Å²) in [4.78, 5) is 0. The molecule has 5 rings (SSSR count). The van der Waals surface area contributed by atoms with E-state index in [2.05, 4.69) is 103 Å². The second-order valence-corrected chi connectivity index (χ2v) is 19.7. The molecule has 2 aliphatic rings. The van der Waals surface area contributed by atoms with Gasteiger partial charge < -0.3 is 0 Å². The molecule has 0 spiro atoms. The number of hydrogen-bond acceptors (Lipinski definition) is 1. The van der Waals surface area contributed by atoms with Crippen molar-refractivity contribution >= 4 is 29.1 Å². The minimum absolute atomic E-state index is 0.293. The standard InChI is InChI=1S/C8H11O.3C6H5.Sn/c9-5-8-4-6-1-2-7(8)3-6;3*1-2-4-6-5-3-1;/h1-2,4,6-9H,3,5H2;3*1-5H;/t6-,7+,8+;;;;/m0..../s1. The molecule has 2 heteroatoms. The van der Waals surface area contributed by atoms with Gasteiger partial charge in [-0.05, 0) is 0 Å². The zero-order valence-corrected chi connectivity index (χ0v) is 18.8. The molecule has 1 fully saturated rings. The fourth-order valence-corrected chi connectivity index (χ4v) is 23.7. The van der Waals surface area contributed by atoms with E-state index in [9.17, 15) is 5.11 Å². The van der Waals surface area contributed by atoms with E-state index in [0.717, 1.165) is 0 Å². The molecule has 4 atom stereocenters. The molecule has 0 heterocycles. The van der Waals surface area contributed by atoms with Crippen molar-refractivity contribution in [3.05, 3.63) is 103 Å². The van der Waals surface area contributed by atoms with Gasteiger partial charge in [-0.3, -0.25) is 0 Å². The van der Waals surface area contributed by atoms with Crippen LogP contribution in [0.5, 0.6) is 0 Å². The topological polar surface area (TPSA) is 20.2 Å². The number of aliphatic hydroxyl groups is 1. The Morgan fingerprint density at radius 1 is 0.643 bits per heavy atom. The monoisotopic (exact) mass is 474 g/mol. The Morgan fingerprint density at radius 3 is 1.50 bits per heavy atom. The van der Waals surface area contributed by atoms with Gasteiger partial charge in [0.2, 0.25) is 0 Å². The summed E-state index contributed by atoms with van der Waals surface area (Å²) in [6, 6.07) is 33.7. The number of hydrogen-bond donors (Lipinski definition) is 1.